The lowest BCUT2D eigenvalue weighted by atomic mass is 10.1. The molecule has 0 saturated carbocycles. The Bertz CT molecular complexity index is 1410. The van der Waals surface area contributed by atoms with E-state index in [1.165, 1.54) is 42.3 Å². The summed E-state index contributed by atoms with van der Waals surface area (Å²) in [6.45, 7) is 3.07. The number of sulfonamides is 1. The van der Waals surface area contributed by atoms with Crippen LogP contribution < -0.4 is 9.62 Å². The van der Waals surface area contributed by atoms with Crippen molar-refractivity contribution >= 4 is 33.2 Å². The molecule has 10 nitrogen and oxygen atoms in total. The molecule has 0 heterocycles. The third-order valence-electron chi connectivity index (χ3n) is 6.01. The number of aryl methyl sites for hydroxylation is 1. The average Bonchev–Trinajstić information content (AvgIpc) is 2.91. The van der Waals surface area contributed by atoms with E-state index in [2.05, 4.69) is 5.32 Å². The molecule has 0 aliphatic rings. The number of anilines is 1. The van der Waals surface area contributed by atoms with Gasteiger partial charge in [-0.05, 0) is 37.1 Å². The summed E-state index contributed by atoms with van der Waals surface area (Å²) in [4.78, 5) is 38.6. The van der Waals surface area contributed by atoms with Crippen LogP contribution in [0.1, 0.15) is 24.5 Å². The number of nitro groups is 1. The second-order valence-electron chi connectivity index (χ2n) is 8.65. The van der Waals surface area contributed by atoms with Crippen molar-refractivity contribution in [3.63, 3.8) is 0 Å². The number of benzene rings is 3. The predicted octanol–water partition coefficient (Wildman–Crippen LogP) is 3.65. The number of nitro benzene ring substituents is 1. The number of rotatable bonds is 11. The lowest BCUT2D eigenvalue weighted by Crippen LogP contribution is -2.51. The molecule has 0 aromatic heterocycles. The summed E-state index contributed by atoms with van der Waals surface area (Å²) in [5.74, 6) is -1.02. The third-order valence-corrected chi connectivity index (χ3v) is 7.79. The molecule has 3 rings (SSSR count). The second kappa shape index (κ2) is 12.3. The van der Waals surface area contributed by atoms with Crippen LogP contribution >= 0.6 is 0 Å². The number of hydrogen-bond acceptors (Lipinski definition) is 6. The Morgan fingerprint density at radius 3 is 2.29 bits per heavy atom. The first kappa shape index (κ1) is 28.3. The number of amides is 2. The Morgan fingerprint density at radius 1 is 1.00 bits per heavy atom. The van der Waals surface area contributed by atoms with Crippen LogP contribution in [0.15, 0.2) is 83.8 Å². The molecule has 200 valence electrons. The molecule has 0 aliphatic carbocycles. The molecule has 0 saturated heterocycles. The van der Waals surface area contributed by atoms with Gasteiger partial charge in [0, 0.05) is 25.7 Å². The largest absolute Gasteiger partial charge is 0.357 e. The normalized spacial score (nSPS) is 11.9. The van der Waals surface area contributed by atoms with E-state index in [1.54, 1.807) is 25.1 Å². The highest BCUT2D eigenvalue weighted by atomic mass is 32.2. The fourth-order valence-corrected chi connectivity index (χ4v) is 5.53. The molecule has 38 heavy (non-hydrogen) atoms. The van der Waals surface area contributed by atoms with E-state index in [0.29, 0.717) is 6.42 Å². The maximum Gasteiger partial charge on any atom is 0.271 e. The van der Waals surface area contributed by atoms with Gasteiger partial charge in [0.05, 0.1) is 15.5 Å². The second-order valence-corrected chi connectivity index (χ2v) is 10.5. The first-order valence-corrected chi connectivity index (χ1v) is 13.4. The molecule has 0 fully saturated rings. The smallest absolute Gasteiger partial charge is 0.271 e. The maximum absolute atomic E-state index is 13.8. The zero-order valence-corrected chi connectivity index (χ0v) is 22.2. The van der Waals surface area contributed by atoms with Gasteiger partial charge in [-0.25, -0.2) is 8.42 Å². The minimum Gasteiger partial charge on any atom is -0.357 e. The predicted molar refractivity (Wildman–Crippen MR) is 144 cm³/mol. The van der Waals surface area contributed by atoms with E-state index in [1.807, 2.05) is 31.2 Å². The molecular weight excluding hydrogens is 508 g/mol. The lowest BCUT2D eigenvalue weighted by molar-refractivity contribution is -0.384. The van der Waals surface area contributed by atoms with E-state index >= 15 is 0 Å². The fourth-order valence-electron chi connectivity index (χ4n) is 4.10. The van der Waals surface area contributed by atoms with Gasteiger partial charge in [0.15, 0.2) is 0 Å². The van der Waals surface area contributed by atoms with Crippen molar-refractivity contribution in [3.05, 3.63) is 100 Å². The topological polar surface area (TPSA) is 130 Å². The van der Waals surface area contributed by atoms with E-state index in [-0.39, 0.29) is 28.7 Å². The van der Waals surface area contributed by atoms with Crippen molar-refractivity contribution in [2.45, 2.75) is 37.8 Å². The van der Waals surface area contributed by atoms with Gasteiger partial charge >= 0.3 is 0 Å². The molecule has 3 aromatic carbocycles. The first-order chi connectivity index (χ1) is 18.1. The molecule has 0 spiro atoms. The summed E-state index contributed by atoms with van der Waals surface area (Å²) in [5.41, 5.74) is 1.37. The molecule has 0 aliphatic heterocycles. The van der Waals surface area contributed by atoms with Crippen LogP contribution in [0.5, 0.6) is 0 Å². The van der Waals surface area contributed by atoms with Gasteiger partial charge in [-0.2, -0.15) is 0 Å². The van der Waals surface area contributed by atoms with Crippen LogP contribution in [0.3, 0.4) is 0 Å². The number of nitrogens with zero attached hydrogens (tertiary/aromatic N) is 3. The maximum atomic E-state index is 13.8. The molecule has 11 heteroatoms. The molecule has 2 amide bonds. The van der Waals surface area contributed by atoms with Crippen LogP contribution in [0.25, 0.3) is 0 Å². The van der Waals surface area contributed by atoms with Gasteiger partial charge < -0.3 is 10.2 Å². The van der Waals surface area contributed by atoms with Gasteiger partial charge in [-0.15, -0.1) is 0 Å². The highest BCUT2D eigenvalue weighted by Gasteiger charge is 2.33. The quantitative estimate of drug-likeness (QED) is 0.293. The summed E-state index contributed by atoms with van der Waals surface area (Å²) >= 11 is 0. The Kier molecular flexibility index (Phi) is 9.19. The highest BCUT2D eigenvalue weighted by Crippen LogP contribution is 2.27. The first-order valence-electron chi connectivity index (χ1n) is 12.0. The molecule has 0 radical (unpaired) electrons. The van der Waals surface area contributed by atoms with Gasteiger partial charge in [0.1, 0.15) is 12.6 Å². The lowest BCUT2D eigenvalue weighted by Gasteiger charge is -2.33. The van der Waals surface area contributed by atoms with Gasteiger partial charge in [-0.1, -0.05) is 61.0 Å². The summed E-state index contributed by atoms with van der Waals surface area (Å²) in [5, 5.41) is 14.0. The molecule has 1 atom stereocenters. The van der Waals surface area contributed by atoms with Crippen LogP contribution in [-0.2, 0) is 26.2 Å². The Morgan fingerprint density at radius 2 is 1.68 bits per heavy atom. The number of carbonyl (C=O) groups is 2. The SMILES string of the molecule is CCC(C(=O)NC)N(Cc1cccc(C)c1)C(=O)CN(c1cccc([N+](=O)[O-])c1)S(=O)(=O)c1ccccc1. The number of non-ortho nitro benzene ring substituents is 1. The van der Waals surface area contributed by atoms with Crippen molar-refractivity contribution in [2.24, 2.45) is 0 Å². The van der Waals surface area contributed by atoms with Gasteiger partial charge in [-0.3, -0.25) is 24.0 Å². The van der Waals surface area contributed by atoms with Crippen LogP contribution in [0.2, 0.25) is 0 Å². The zero-order valence-electron chi connectivity index (χ0n) is 21.4. The molecule has 1 N–H and O–H groups in total. The number of likely N-dealkylation sites (N-methyl/N-ethyl adjacent to an activating group) is 1. The Balaban J connectivity index is 2.09. The fraction of sp³-hybridized carbons (Fsp3) is 0.259. The van der Waals surface area contributed by atoms with E-state index < -0.39 is 33.4 Å². The summed E-state index contributed by atoms with van der Waals surface area (Å²) in [6.07, 6.45) is 0.291. The standard InChI is InChI=1S/C27H30N4O6S/c1-4-25(27(33)28-3)29(18-21-11-8-10-20(2)16-21)26(32)19-30(22-12-9-13-23(17-22)31(34)35)38(36,37)24-14-6-5-7-15-24/h5-17,25H,4,18-19H2,1-3H3,(H,28,33). The van der Waals surface area contributed by atoms with Gasteiger partial charge in [0.2, 0.25) is 11.8 Å². The average molecular weight is 539 g/mol. The minimum atomic E-state index is -4.30. The summed E-state index contributed by atoms with van der Waals surface area (Å²) in [6, 6.07) is 19.2. The molecule has 0 bridgehead atoms. The van der Waals surface area contributed by atoms with Crippen molar-refractivity contribution in [3.8, 4) is 0 Å². The molecule has 3 aromatic rings. The van der Waals surface area contributed by atoms with Gasteiger partial charge in [0.25, 0.3) is 15.7 Å². The Labute approximate surface area is 222 Å². The van der Waals surface area contributed by atoms with Crippen molar-refractivity contribution in [1.29, 1.82) is 0 Å². The molecular formula is C27H30N4O6S. The van der Waals surface area contributed by atoms with E-state index in [4.69, 9.17) is 0 Å². The van der Waals surface area contributed by atoms with Crippen LogP contribution in [0.4, 0.5) is 11.4 Å². The number of nitrogens with one attached hydrogen (secondary N) is 1. The molecule has 1 unspecified atom stereocenters. The van der Waals surface area contributed by atoms with E-state index in [9.17, 15) is 28.1 Å². The van der Waals surface area contributed by atoms with E-state index in [0.717, 1.165) is 21.5 Å². The van der Waals surface area contributed by atoms with Crippen LogP contribution in [0, 0.1) is 17.0 Å². The summed E-state index contributed by atoms with van der Waals surface area (Å²) in [7, 11) is -2.83. The van der Waals surface area contributed by atoms with Crippen LogP contribution in [-0.4, -0.2) is 49.7 Å². The monoisotopic (exact) mass is 538 g/mol. The number of hydrogen-bond donors (Lipinski definition) is 1. The van der Waals surface area contributed by atoms with Crippen molar-refractivity contribution in [1.82, 2.24) is 10.2 Å². The van der Waals surface area contributed by atoms with Crippen molar-refractivity contribution in [2.75, 3.05) is 17.9 Å². The Hall–Kier alpha value is -4.25. The highest BCUT2D eigenvalue weighted by molar-refractivity contribution is 7.92. The minimum absolute atomic E-state index is 0.0418. The zero-order chi connectivity index (χ0) is 27.9. The van der Waals surface area contributed by atoms with Crippen molar-refractivity contribution < 1.29 is 22.9 Å². The summed E-state index contributed by atoms with van der Waals surface area (Å²) < 4.78 is 28.3. The third kappa shape index (κ3) is 6.54. The number of carbonyl (C=O) groups excluding carboxylic acids is 2.